The fourth-order valence-corrected chi connectivity index (χ4v) is 12.9. The Morgan fingerprint density at radius 1 is 0.784 bits per heavy atom. The van der Waals surface area contributed by atoms with Crippen LogP contribution in [0, 0.1) is 68.5 Å². The maximum Gasteiger partial charge on any atom is 0.302 e. The zero-order valence-electron chi connectivity index (χ0n) is 26.1. The second-order valence-corrected chi connectivity index (χ2v) is 16.7. The van der Waals surface area contributed by atoms with Crippen molar-refractivity contribution < 1.29 is 9.53 Å². The van der Waals surface area contributed by atoms with Gasteiger partial charge in [-0.1, -0.05) is 55.4 Å². The van der Waals surface area contributed by atoms with Crippen LogP contribution in [0.25, 0.3) is 0 Å². The Bertz CT molecular complexity index is 876. The lowest BCUT2D eigenvalue weighted by Gasteiger charge is -2.73. The van der Waals surface area contributed by atoms with Gasteiger partial charge in [0.2, 0.25) is 0 Å². The largest absolute Gasteiger partial charge is 0.466 e. The molecule has 0 saturated heterocycles. The van der Waals surface area contributed by atoms with Gasteiger partial charge in [0.25, 0.3) is 0 Å². The van der Waals surface area contributed by atoms with Gasteiger partial charge in [0.05, 0.1) is 6.61 Å². The minimum absolute atomic E-state index is 0.133. The number of fused-ring (bicyclic) bond motifs is 7. The van der Waals surface area contributed by atoms with E-state index in [2.05, 4.69) is 55.4 Å². The van der Waals surface area contributed by atoms with Crippen molar-refractivity contribution in [2.75, 3.05) is 6.61 Å². The lowest BCUT2D eigenvalue weighted by Crippen LogP contribution is -2.66. The van der Waals surface area contributed by atoms with E-state index >= 15 is 0 Å². The van der Waals surface area contributed by atoms with Crippen LogP contribution in [0.4, 0.5) is 0 Å². The van der Waals surface area contributed by atoms with Crippen LogP contribution in [0.2, 0.25) is 0 Å². The summed E-state index contributed by atoms with van der Waals surface area (Å²) >= 11 is 0. The molecule has 0 spiro atoms. The van der Waals surface area contributed by atoms with E-state index < -0.39 is 0 Å². The molecule has 5 fully saturated rings. The number of esters is 1. The molecule has 11 unspecified atom stereocenters. The minimum atomic E-state index is -0.133. The molecule has 11 atom stereocenters. The average molecular weight is 513 g/mol. The number of rotatable bonds is 5. The SMILES string of the molecule is CC(=O)OCCCC(C)C1CCC2(C)C1CCC1(C)C2CCC2C3(C)CCC(C)C(C)(C)C3CCC21C. The summed E-state index contributed by atoms with van der Waals surface area (Å²) in [5, 5.41) is 0. The van der Waals surface area contributed by atoms with Gasteiger partial charge < -0.3 is 4.74 Å². The highest BCUT2D eigenvalue weighted by Crippen LogP contribution is 2.78. The van der Waals surface area contributed by atoms with Crippen LogP contribution < -0.4 is 0 Å². The molecule has 0 aromatic carbocycles. The molecule has 0 aromatic heterocycles. The monoisotopic (exact) mass is 512 g/mol. The summed E-state index contributed by atoms with van der Waals surface area (Å²) in [5.41, 5.74) is 2.53. The second kappa shape index (κ2) is 9.26. The third-order valence-electron chi connectivity index (χ3n) is 15.4. The molecular weight excluding hydrogens is 452 g/mol. The van der Waals surface area contributed by atoms with Gasteiger partial charge in [-0.3, -0.25) is 4.79 Å². The predicted octanol–water partition coefficient (Wildman–Crippen LogP) is 9.70. The molecule has 5 rings (SSSR count). The van der Waals surface area contributed by atoms with E-state index in [1.54, 1.807) is 0 Å². The lowest BCUT2D eigenvalue weighted by atomic mass is 9.31. The normalized spacial score (nSPS) is 51.3. The smallest absolute Gasteiger partial charge is 0.302 e. The molecule has 0 radical (unpaired) electrons. The van der Waals surface area contributed by atoms with Crippen molar-refractivity contribution in [3.8, 4) is 0 Å². The molecule has 0 aromatic rings. The van der Waals surface area contributed by atoms with Gasteiger partial charge >= 0.3 is 5.97 Å². The van der Waals surface area contributed by atoms with Gasteiger partial charge in [0.1, 0.15) is 0 Å². The molecule has 5 saturated carbocycles. The number of hydrogen-bond donors (Lipinski definition) is 0. The first-order valence-corrected chi connectivity index (χ1v) is 16.3. The van der Waals surface area contributed by atoms with Crippen LogP contribution in [-0.4, -0.2) is 12.6 Å². The summed E-state index contributed by atoms with van der Waals surface area (Å²) in [4.78, 5) is 11.2. The summed E-state index contributed by atoms with van der Waals surface area (Å²) < 4.78 is 5.25. The summed E-state index contributed by atoms with van der Waals surface area (Å²) in [5.74, 6) is 5.95. The van der Waals surface area contributed by atoms with Crippen LogP contribution in [-0.2, 0) is 9.53 Å². The van der Waals surface area contributed by atoms with Gasteiger partial charge in [-0.2, -0.15) is 0 Å². The van der Waals surface area contributed by atoms with Crippen molar-refractivity contribution in [2.24, 2.45) is 68.5 Å². The van der Waals surface area contributed by atoms with E-state index in [4.69, 9.17) is 4.74 Å². The molecule has 37 heavy (non-hydrogen) atoms. The molecule has 0 heterocycles. The van der Waals surface area contributed by atoms with Gasteiger partial charge in [-0.25, -0.2) is 0 Å². The number of ether oxygens (including phenoxy) is 1. The Balaban J connectivity index is 1.36. The highest BCUT2D eigenvalue weighted by atomic mass is 16.5. The van der Waals surface area contributed by atoms with E-state index in [9.17, 15) is 4.79 Å². The summed E-state index contributed by atoms with van der Waals surface area (Å²) in [6.07, 6.45) is 16.8. The van der Waals surface area contributed by atoms with Gasteiger partial charge in [-0.05, 0) is 146 Å². The molecule has 2 heteroatoms. The van der Waals surface area contributed by atoms with Gasteiger partial charge in [0.15, 0.2) is 0 Å². The molecule has 0 amide bonds. The highest BCUT2D eigenvalue weighted by Gasteiger charge is 2.70. The lowest BCUT2D eigenvalue weighted by molar-refractivity contribution is -0.246. The molecule has 0 aliphatic heterocycles. The van der Waals surface area contributed by atoms with Crippen LogP contribution in [0.5, 0.6) is 0 Å². The Morgan fingerprint density at radius 2 is 1.38 bits per heavy atom. The Kier molecular flexibility index (Phi) is 7.01. The molecule has 212 valence electrons. The topological polar surface area (TPSA) is 26.3 Å². The van der Waals surface area contributed by atoms with Crippen LogP contribution in [0.1, 0.15) is 139 Å². The van der Waals surface area contributed by atoms with Crippen LogP contribution in [0.15, 0.2) is 0 Å². The van der Waals surface area contributed by atoms with Crippen molar-refractivity contribution in [2.45, 2.75) is 139 Å². The highest BCUT2D eigenvalue weighted by molar-refractivity contribution is 5.65. The Labute approximate surface area is 229 Å². The fourth-order valence-electron chi connectivity index (χ4n) is 12.9. The summed E-state index contributed by atoms with van der Waals surface area (Å²) in [6.45, 7) is 23.5. The fraction of sp³-hybridized carbons (Fsp3) is 0.971. The number of hydrogen-bond acceptors (Lipinski definition) is 2. The molecule has 0 bridgehead atoms. The Morgan fingerprint density at radius 3 is 2.03 bits per heavy atom. The van der Waals surface area contributed by atoms with Crippen molar-refractivity contribution in [1.29, 1.82) is 0 Å². The first-order chi connectivity index (χ1) is 17.2. The van der Waals surface area contributed by atoms with Crippen LogP contribution in [0.3, 0.4) is 0 Å². The average Bonchev–Trinajstić information content (AvgIpc) is 3.17. The van der Waals surface area contributed by atoms with Crippen molar-refractivity contribution in [3.05, 3.63) is 0 Å². The van der Waals surface area contributed by atoms with Gasteiger partial charge in [-0.15, -0.1) is 0 Å². The maximum absolute atomic E-state index is 11.2. The van der Waals surface area contributed by atoms with Crippen molar-refractivity contribution in [1.82, 2.24) is 0 Å². The standard InChI is InChI=1S/C35H60O2/c1-23(11-10-22-37-25(3)36)26-15-19-32(6)27(26)16-20-34(8)29(32)12-13-30-33(7)18-14-24(2)31(4,5)28(33)17-21-35(30,34)9/h23-24,26-30H,10-22H2,1-9H3. The Hall–Kier alpha value is -0.530. The molecule has 5 aliphatic rings. The predicted molar refractivity (Wildman–Crippen MR) is 154 cm³/mol. The third kappa shape index (κ3) is 3.94. The first-order valence-electron chi connectivity index (χ1n) is 16.3. The second-order valence-electron chi connectivity index (χ2n) is 16.7. The van der Waals surface area contributed by atoms with Crippen molar-refractivity contribution >= 4 is 5.97 Å². The maximum atomic E-state index is 11.2. The van der Waals surface area contributed by atoms with E-state index in [0.29, 0.717) is 33.7 Å². The van der Waals surface area contributed by atoms with Crippen molar-refractivity contribution in [3.63, 3.8) is 0 Å². The molecule has 5 aliphatic carbocycles. The molecular formula is C35H60O2. The van der Waals surface area contributed by atoms with Gasteiger partial charge in [0, 0.05) is 6.92 Å². The number of carbonyl (C=O) groups excluding carboxylic acids is 1. The zero-order chi connectivity index (χ0) is 27.0. The quantitative estimate of drug-likeness (QED) is 0.271. The summed E-state index contributed by atoms with van der Waals surface area (Å²) in [7, 11) is 0. The zero-order valence-corrected chi connectivity index (χ0v) is 26.1. The van der Waals surface area contributed by atoms with Crippen LogP contribution >= 0.6 is 0 Å². The molecule has 2 nitrogen and oxygen atoms in total. The summed E-state index contributed by atoms with van der Waals surface area (Å²) in [6, 6.07) is 0. The molecule has 0 N–H and O–H groups in total. The minimum Gasteiger partial charge on any atom is -0.466 e. The van der Waals surface area contributed by atoms with E-state index in [0.717, 1.165) is 47.8 Å². The number of carbonyl (C=O) groups is 1. The van der Waals surface area contributed by atoms with E-state index in [-0.39, 0.29) is 5.97 Å². The van der Waals surface area contributed by atoms with E-state index in [1.165, 1.54) is 77.6 Å². The third-order valence-corrected chi connectivity index (χ3v) is 15.4. The van der Waals surface area contributed by atoms with E-state index in [1.807, 2.05) is 0 Å². The first kappa shape index (κ1) is 28.0.